The summed E-state index contributed by atoms with van der Waals surface area (Å²) in [7, 11) is 0. The standard InChI is InChI=1S/C10H14ClN3O/c1-7(6-12)5-10(15)14-9-4-2-3-8(11)13-9/h2-4,7H,5-6,12H2,1H3,(H,13,14,15). The van der Waals surface area contributed by atoms with Crippen LogP contribution in [0.15, 0.2) is 18.2 Å². The van der Waals surface area contributed by atoms with Crippen molar-refractivity contribution in [3.05, 3.63) is 23.4 Å². The molecule has 1 heterocycles. The number of pyridine rings is 1. The molecule has 0 aliphatic rings. The maximum atomic E-state index is 11.4. The number of rotatable bonds is 4. The van der Waals surface area contributed by atoms with Gasteiger partial charge in [-0.25, -0.2) is 4.98 Å². The fourth-order valence-corrected chi connectivity index (χ4v) is 1.24. The largest absolute Gasteiger partial charge is 0.330 e. The number of amides is 1. The van der Waals surface area contributed by atoms with Gasteiger partial charge in [0.2, 0.25) is 5.91 Å². The van der Waals surface area contributed by atoms with Crippen LogP contribution in [0.1, 0.15) is 13.3 Å². The summed E-state index contributed by atoms with van der Waals surface area (Å²) in [5.74, 6) is 0.545. The quantitative estimate of drug-likeness (QED) is 0.769. The van der Waals surface area contributed by atoms with Gasteiger partial charge in [-0.15, -0.1) is 0 Å². The average Bonchev–Trinajstić information content (AvgIpc) is 2.17. The van der Waals surface area contributed by atoms with Crippen molar-refractivity contribution in [1.82, 2.24) is 4.98 Å². The number of nitrogens with two attached hydrogens (primary N) is 1. The Kier molecular flexibility index (Phi) is 4.52. The van der Waals surface area contributed by atoms with Gasteiger partial charge in [0.15, 0.2) is 0 Å². The first-order valence-corrected chi connectivity index (χ1v) is 5.12. The molecule has 1 rings (SSSR count). The number of hydrogen-bond acceptors (Lipinski definition) is 3. The predicted octanol–water partition coefficient (Wildman–Crippen LogP) is 1.66. The molecule has 1 amide bonds. The van der Waals surface area contributed by atoms with E-state index in [2.05, 4.69) is 10.3 Å². The van der Waals surface area contributed by atoms with Gasteiger partial charge in [-0.3, -0.25) is 4.79 Å². The van der Waals surface area contributed by atoms with Crippen molar-refractivity contribution in [3.8, 4) is 0 Å². The summed E-state index contributed by atoms with van der Waals surface area (Å²) >= 11 is 5.68. The number of nitrogens with zero attached hydrogens (tertiary/aromatic N) is 1. The smallest absolute Gasteiger partial charge is 0.225 e. The molecule has 5 heteroatoms. The molecule has 0 bridgehead atoms. The molecule has 1 aromatic rings. The summed E-state index contributed by atoms with van der Waals surface area (Å²) in [5, 5.41) is 3.02. The minimum absolute atomic E-state index is 0.0947. The van der Waals surface area contributed by atoms with E-state index in [9.17, 15) is 4.79 Å². The Morgan fingerprint density at radius 3 is 3.00 bits per heavy atom. The number of anilines is 1. The first-order valence-electron chi connectivity index (χ1n) is 4.74. The molecule has 0 aliphatic heterocycles. The fraction of sp³-hybridized carbons (Fsp3) is 0.400. The van der Waals surface area contributed by atoms with Gasteiger partial charge in [-0.05, 0) is 24.6 Å². The summed E-state index contributed by atoms with van der Waals surface area (Å²) in [6.45, 7) is 2.42. The Morgan fingerprint density at radius 1 is 1.67 bits per heavy atom. The fourth-order valence-electron chi connectivity index (χ4n) is 1.07. The van der Waals surface area contributed by atoms with E-state index in [1.807, 2.05) is 6.92 Å². The van der Waals surface area contributed by atoms with Gasteiger partial charge in [0.1, 0.15) is 11.0 Å². The van der Waals surface area contributed by atoms with Gasteiger partial charge >= 0.3 is 0 Å². The lowest BCUT2D eigenvalue weighted by Crippen LogP contribution is -2.20. The molecule has 0 spiro atoms. The van der Waals surface area contributed by atoms with Crippen LogP contribution >= 0.6 is 11.6 Å². The van der Waals surface area contributed by atoms with Crippen LogP contribution in [-0.4, -0.2) is 17.4 Å². The summed E-state index contributed by atoms with van der Waals surface area (Å²) in [6.07, 6.45) is 0.394. The van der Waals surface area contributed by atoms with E-state index in [-0.39, 0.29) is 11.8 Å². The highest BCUT2D eigenvalue weighted by atomic mass is 35.5. The Hall–Kier alpha value is -1.13. The topological polar surface area (TPSA) is 68.0 Å². The molecule has 1 unspecified atom stereocenters. The van der Waals surface area contributed by atoms with Crippen molar-refractivity contribution in [3.63, 3.8) is 0 Å². The van der Waals surface area contributed by atoms with E-state index in [1.54, 1.807) is 18.2 Å². The third kappa shape index (κ3) is 4.27. The lowest BCUT2D eigenvalue weighted by molar-refractivity contribution is -0.116. The van der Waals surface area contributed by atoms with E-state index in [0.29, 0.717) is 23.9 Å². The van der Waals surface area contributed by atoms with Crippen LogP contribution < -0.4 is 11.1 Å². The highest BCUT2D eigenvalue weighted by molar-refractivity contribution is 6.29. The van der Waals surface area contributed by atoms with E-state index in [4.69, 9.17) is 17.3 Å². The highest BCUT2D eigenvalue weighted by Gasteiger charge is 2.08. The van der Waals surface area contributed by atoms with Crippen molar-refractivity contribution in [2.24, 2.45) is 11.7 Å². The average molecular weight is 228 g/mol. The number of halogens is 1. The number of carbonyl (C=O) groups excluding carboxylic acids is 1. The van der Waals surface area contributed by atoms with Crippen molar-refractivity contribution < 1.29 is 4.79 Å². The molecule has 4 nitrogen and oxygen atoms in total. The van der Waals surface area contributed by atoms with E-state index in [0.717, 1.165) is 0 Å². The lowest BCUT2D eigenvalue weighted by Gasteiger charge is -2.08. The van der Waals surface area contributed by atoms with Crippen molar-refractivity contribution in [2.75, 3.05) is 11.9 Å². The van der Waals surface area contributed by atoms with E-state index < -0.39 is 0 Å². The zero-order valence-corrected chi connectivity index (χ0v) is 9.29. The molecule has 3 N–H and O–H groups in total. The molecule has 15 heavy (non-hydrogen) atoms. The van der Waals surface area contributed by atoms with Crippen molar-refractivity contribution >= 4 is 23.3 Å². The minimum atomic E-state index is -0.0947. The third-order valence-corrected chi connectivity index (χ3v) is 2.13. The van der Waals surface area contributed by atoms with Crippen LogP contribution in [0, 0.1) is 5.92 Å². The number of hydrogen-bond donors (Lipinski definition) is 2. The Labute approximate surface area is 93.8 Å². The van der Waals surface area contributed by atoms with E-state index >= 15 is 0 Å². The lowest BCUT2D eigenvalue weighted by atomic mass is 10.1. The normalized spacial score (nSPS) is 12.2. The van der Waals surface area contributed by atoms with Crippen molar-refractivity contribution in [2.45, 2.75) is 13.3 Å². The van der Waals surface area contributed by atoms with Gasteiger partial charge < -0.3 is 11.1 Å². The molecule has 0 aromatic carbocycles. The van der Waals surface area contributed by atoms with Gasteiger partial charge in [0, 0.05) is 6.42 Å². The van der Waals surface area contributed by atoms with Crippen LogP contribution in [-0.2, 0) is 4.79 Å². The van der Waals surface area contributed by atoms with Crippen LogP contribution in [0.2, 0.25) is 5.15 Å². The molecule has 1 aromatic heterocycles. The van der Waals surface area contributed by atoms with Crippen LogP contribution in [0.5, 0.6) is 0 Å². The molecular formula is C10H14ClN3O. The first kappa shape index (κ1) is 11.9. The second-order valence-corrected chi connectivity index (χ2v) is 3.83. The number of nitrogens with one attached hydrogen (secondary N) is 1. The predicted molar refractivity (Wildman–Crippen MR) is 60.7 cm³/mol. The first-order chi connectivity index (χ1) is 7.11. The molecule has 0 saturated carbocycles. The van der Waals surface area contributed by atoms with Gasteiger partial charge in [0.25, 0.3) is 0 Å². The molecule has 0 saturated heterocycles. The highest BCUT2D eigenvalue weighted by Crippen LogP contribution is 2.10. The Bertz CT molecular complexity index is 343. The maximum Gasteiger partial charge on any atom is 0.225 e. The molecule has 0 radical (unpaired) electrons. The summed E-state index contributed by atoms with van der Waals surface area (Å²) in [5.41, 5.74) is 5.42. The zero-order valence-electron chi connectivity index (χ0n) is 8.53. The molecular weight excluding hydrogens is 214 g/mol. The second kappa shape index (κ2) is 5.68. The second-order valence-electron chi connectivity index (χ2n) is 3.44. The zero-order chi connectivity index (χ0) is 11.3. The maximum absolute atomic E-state index is 11.4. The molecule has 82 valence electrons. The van der Waals surface area contributed by atoms with Crippen LogP contribution in [0.25, 0.3) is 0 Å². The molecule has 0 fully saturated rings. The van der Waals surface area contributed by atoms with Crippen molar-refractivity contribution in [1.29, 1.82) is 0 Å². The third-order valence-electron chi connectivity index (χ3n) is 1.92. The van der Waals surface area contributed by atoms with E-state index in [1.165, 1.54) is 0 Å². The summed E-state index contributed by atoms with van der Waals surface area (Å²) in [4.78, 5) is 15.4. The van der Waals surface area contributed by atoms with Crippen LogP contribution in [0.4, 0.5) is 5.82 Å². The van der Waals surface area contributed by atoms with Gasteiger partial charge in [0.05, 0.1) is 0 Å². The molecule has 0 aliphatic carbocycles. The Balaban J connectivity index is 2.51. The minimum Gasteiger partial charge on any atom is -0.330 e. The van der Waals surface area contributed by atoms with Gasteiger partial charge in [-0.2, -0.15) is 0 Å². The summed E-state index contributed by atoms with van der Waals surface area (Å²) < 4.78 is 0. The number of aromatic nitrogens is 1. The van der Waals surface area contributed by atoms with Crippen LogP contribution in [0.3, 0.4) is 0 Å². The summed E-state index contributed by atoms with van der Waals surface area (Å²) in [6, 6.07) is 5.08. The Morgan fingerprint density at radius 2 is 2.40 bits per heavy atom. The number of carbonyl (C=O) groups is 1. The monoisotopic (exact) mass is 227 g/mol. The van der Waals surface area contributed by atoms with Gasteiger partial charge in [-0.1, -0.05) is 24.6 Å². The SMILES string of the molecule is CC(CN)CC(=O)Nc1cccc(Cl)n1. The molecule has 1 atom stereocenters.